The Bertz CT molecular complexity index is 163. The number of hydrogen-bond acceptors (Lipinski definition) is 0. The molecule has 0 unspecified atom stereocenters. The molecule has 1 aromatic rings. The first-order valence-electron chi connectivity index (χ1n) is 3.35. The van der Waals surface area contributed by atoms with Crippen molar-refractivity contribution >= 4 is 0 Å². The quantitative estimate of drug-likeness (QED) is 0.569. The lowest BCUT2D eigenvalue weighted by molar-refractivity contribution is 0.867. The van der Waals surface area contributed by atoms with Gasteiger partial charge >= 0.3 is 0 Å². The summed E-state index contributed by atoms with van der Waals surface area (Å²) in [5.41, 5.74) is 1.41. The Morgan fingerprint density at radius 2 is 1.25 bits per heavy atom. The third-order valence-electron chi connectivity index (χ3n) is 1.47. The summed E-state index contributed by atoms with van der Waals surface area (Å²) in [4.78, 5) is 0. The van der Waals surface area contributed by atoms with E-state index in [4.69, 9.17) is 0 Å². The van der Waals surface area contributed by atoms with Gasteiger partial charge in [-0.2, -0.15) is 0 Å². The van der Waals surface area contributed by atoms with E-state index < -0.39 is 0 Å². The Balaban J connectivity index is -0.000000270. The minimum absolute atomic E-state index is 0. The van der Waals surface area contributed by atoms with Gasteiger partial charge in [0.1, 0.15) is 0 Å². The van der Waals surface area contributed by atoms with Gasteiger partial charge in [0.15, 0.2) is 0 Å². The SMILES string of the molecule is C.C.C.CC(C)c1ccccc1. The van der Waals surface area contributed by atoms with Gasteiger partial charge in [-0.25, -0.2) is 0 Å². The van der Waals surface area contributed by atoms with Crippen LogP contribution < -0.4 is 0 Å². The Morgan fingerprint density at radius 3 is 1.50 bits per heavy atom. The van der Waals surface area contributed by atoms with Crippen molar-refractivity contribution in [3.05, 3.63) is 35.9 Å². The summed E-state index contributed by atoms with van der Waals surface area (Å²) < 4.78 is 0. The molecular formula is C12H24. The molecule has 0 aromatic heterocycles. The fourth-order valence-corrected chi connectivity index (χ4v) is 0.838. The molecule has 0 aliphatic heterocycles. The molecule has 0 spiro atoms. The highest BCUT2D eigenvalue weighted by molar-refractivity contribution is 5.17. The first-order valence-corrected chi connectivity index (χ1v) is 3.35. The van der Waals surface area contributed by atoms with Crippen molar-refractivity contribution in [1.29, 1.82) is 0 Å². The Labute approximate surface area is 78.6 Å². The molecule has 0 radical (unpaired) electrons. The molecule has 0 bridgehead atoms. The van der Waals surface area contributed by atoms with Crippen LogP contribution in [0, 0.1) is 0 Å². The highest BCUT2D eigenvalue weighted by Crippen LogP contribution is 2.11. The van der Waals surface area contributed by atoms with Gasteiger partial charge in [0.25, 0.3) is 0 Å². The van der Waals surface area contributed by atoms with Crippen LogP contribution in [0.15, 0.2) is 30.3 Å². The third kappa shape index (κ3) is 4.95. The zero-order valence-electron chi connectivity index (χ0n) is 5.96. The molecule has 72 valence electrons. The lowest BCUT2D eigenvalue weighted by atomic mass is 10.0. The topological polar surface area (TPSA) is 0 Å². The van der Waals surface area contributed by atoms with E-state index in [2.05, 4.69) is 38.1 Å². The molecule has 0 saturated carbocycles. The second kappa shape index (κ2) is 8.32. The van der Waals surface area contributed by atoms with Crippen molar-refractivity contribution < 1.29 is 0 Å². The highest BCUT2D eigenvalue weighted by atomic mass is 14.0. The van der Waals surface area contributed by atoms with E-state index in [1.807, 2.05) is 6.07 Å². The first-order chi connectivity index (χ1) is 4.30. The molecule has 0 N–H and O–H groups in total. The monoisotopic (exact) mass is 168 g/mol. The minimum atomic E-state index is 0. The molecule has 0 aliphatic carbocycles. The van der Waals surface area contributed by atoms with Crippen LogP contribution in [0.1, 0.15) is 47.6 Å². The molecule has 0 fully saturated rings. The van der Waals surface area contributed by atoms with Crippen molar-refractivity contribution in [3.8, 4) is 0 Å². The largest absolute Gasteiger partial charge is 0.0776 e. The predicted octanol–water partition coefficient (Wildman–Crippen LogP) is 4.72. The third-order valence-corrected chi connectivity index (χ3v) is 1.47. The van der Waals surface area contributed by atoms with Gasteiger partial charge in [0.2, 0.25) is 0 Å². The van der Waals surface area contributed by atoms with Crippen molar-refractivity contribution in [1.82, 2.24) is 0 Å². The van der Waals surface area contributed by atoms with E-state index in [-0.39, 0.29) is 22.3 Å². The van der Waals surface area contributed by atoms with Crippen LogP contribution >= 0.6 is 0 Å². The fraction of sp³-hybridized carbons (Fsp3) is 0.500. The van der Waals surface area contributed by atoms with Crippen LogP contribution in [0.4, 0.5) is 0 Å². The van der Waals surface area contributed by atoms with E-state index >= 15 is 0 Å². The Kier molecular flexibility index (Phi) is 12.0. The van der Waals surface area contributed by atoms with Gasteiger partial charge in [-0.15, -0.1) is 0 Å². The van der Waals surface area contributed by atoms with Gasteiger partial charge < -0.3 is 0 Å². The normalized spacial score (nSPS) is 7.58. The van der Waals surface area contributed by atoms with Crippen molar-refractivity contribution in [2.24, 2.45) is 0 Å². The smallest absolute Gasteiger partial charge is 0.0219 e. The van der Waals surface area contributed by atoms with E-state index in [9.17, 15) is 0 Å². The average molecular weight is 168 g/mol. The molecule has 0 amide bonds. The van der Waals surface area contributed by atoms with E-state index in [1.54, 1.807) is 0 Å². The van der Waals surface area contributed by atoms with Crippen molar-refractivity contribution in [2.45, 2.75) is 42.0 Å². The zero-order chi connectivity index (χ0) is 6.69. The molecule has 0 heterocycles. The number of rotatable bonds is 1. The van der Waals surface area contributed by atoms with Gasteiger partial charge in [-0.1, -0.05) is 66.5 Å². The van der Waals surface area contributed by atoms with E-state index in [1.165, 1.54) is 5.56 Å². The summed E-state index contributed by atoms with van der Waals surface area (Å²) in [7, 11) is 0. The standard InChI is InChI=1S/C9H12.3CH4/c1-8(2)9-6-4-3-5-7-9;;;/h3-8H,1-2H3;3*1H4. The van der Waals surface area contributed by atoms with Gasteiger partial charge in [0, 0.05) is 0 Å². The van der Waals surface area contributed by atoms with Crippen molar-refractivity contribution in [2.75, 3.05) is 0 Å². The summed E-state index contributed by atoms with van der Waals surface area (Å²) in [6.45, 7) is 4.41. The van der Waals surface area contributed by atoms with Crippen LogP contribution in [0.5, 0.6) is 0 Å². The molecule has 1 rings (SSSR count). The molecular weight excluding hydrogens is 144 g/mol. The molecule has 12 heavy (non-hydrogen) atoms. The summed E-state index contributed by atoms with van der Waals surface area (Å²) in [6.07, 6.45) is 0. The van der Waals surface area contributed by atoms with Crippen LogP contribution in [0.3, 0.4) is 0 Å². The zero-order valence-corrected chi connectivity index (χ0v) is 5.96. The summed E-state index contributed by atoms with van der Waals surface area (Å²) in [5.74, 6) is 0.659. The molecule has 1 aromatic carbocycles. The van der Waals surface area contributed by atoms with Crippen LogP contribution in [-0.4, -0.2) is 0 Å². The van der Waals surface area contributed by atoms with Gasteiger partial charge in [0.05, 0.1) is 0 Å². The summed E-state index contributed by atoms with van der Waals surface area (Å²) >= 11 is 0. The average Bonchev–Trinajstić information content (AvgIpc) is 1.90. The lowest BCUT2D eigenvalue weighted by Crippen LogP contribution is -1.83. The van der Waals surface area contributed by atoms with E-state index in [0.717, 1.165) is 0 Å². The van der Waals surface area contributed by atoms with Gasteiger partial charge in [-0.3, -0.25) is 0 Å². The summed E-state index contributed by atoms with van der Waals surface area (Å²) in [5, 5.41) is 0. The number of benzene rings is 1. The van der Waals surface area contributed by atoms with Gasteiger partial charge in [-0.05, 0) is 11.5 Å². The summed E-state index contributed by atoms with van der Waals surface area (Å²) in [6, 6.07) is 10.5. The molecule has 0 heteroatoms. The maximum Gasteiger partial charge on any atom is -0.0219 e. The molecule has 0 nitrogen and oxygen atoms in total. The maximum atomic E-state index is 2.20. The Morgan fingerprint density at radius 1 is 0.833 bits per heavy atom. The number of hydrogen-bond donors (Lipinski definition) is 0. The highest BCUT2D eigenvalue weighted by Gasteiger charge is 1.93. The fourth-order valence-electron chi connectivity index (χ4n) is 0.838. The second-order valence-electron chi connectivity index (χ2n) is 2.57. The Hall–Kier alpha value is -0.780. The molecule has 0 aliphatic rings. The van der Waals surface area contributed by atoms with E-state index in [0.29, 0.717) is 5.92 Å². The minimum Gasteiger partial charge on any atom is -0.0776 e. The lowest BCUT2D eigenvalue weighted by Gasteiger charge is -2.01. The van der Waals surface area contributed by atoms with Crippen LogP contribution in [0.2, 0.25) is 0 Å². The molecule has 0 atom stereocenters. The second-order valence-corrected chi connectivity index (χ2v) is 2.57. The molecule has 0 saturated heterocycles. The van der Waals surface area contributed by atoms with Crippen molar-refractivity contribution in [3.63, 3.8) is 0 Å². The predicted molar refractivity (Wildman–Crippen MR) is 60.7 cm³/mol. The first kappa shape index (κ1) is 17.3. The van der Waals surface area contributed by atoms with Crippen LogP contribution in [-0.2, 0) is 0 Å². The maximum absolute atomic E-state index is 2.20. The van der Waals surface area contributed by atoms with Crippen LogP contribution in [0.25, 0.3) is 0 Å².